The zero-order chi connectivity index (χ0) is 26.2. The van der Waals surface area contributed by atoms with E-state index in [0.717, 1.165) is 33.8 Å². The summed E-state index contributed by atoms with van der Waals surface area (Å²) < 4.78 is 5.13. The summed E-state index contributed by atoms with van der Waals surface area (Å²) in [5.41, 5.74) is 5.17. The number of aromatic nitrogens is 3. The lowest BCUT2D eigenvalue weighted by Crippen LogP contribution is -2.12. The van der Waals surface area contributed by atoms with E-state index in [9.17, 15) is 9.90 Å². The van der Waals surface area contributed by atoms with E-state index < -0.39 is 12.1 Å². The van der Waals surface area contributed by atoms with Gasteiger partial charge in [-0.1, -0.05) is 62.8 Å². The van der Waals surface area contributed by atoms with Crippen molar-refractivity contribution in [3.8, 4) is 17.1 Å². The highest BCUT2D eigenvalue weighted by Crippen LogP contribution is 2.31. The van der Waals surface area contributed by atoms with Gasteiger partial charge in [-0.15, -0.1) is 0 Å². The van der Waals surface area contributed by atoms with Crippen LogP contribution in [0.25, 0.3) is 17.3 Å². The fraction of sp³-hybridized carbons (Fsp3) is 0.357. The summed E-state index contributed by atoms with van der Waals surface area (Å²) in [7, 11) is 1.57. The third kappa shape index (κ3) is 7.36. The number of nitrogens with zero attached hydrogens (tertiary/aromatic N) is 3. The number of benzene rings is 1. The number of nitrogens with one attached hydrogen (secondary N) is 1. The van der Waals surface area contributed by atoms with Crippen molar-refractivity contribution in [3.05, 3.63) is 65.5 Å². The molecule has 3 aromatic rings. The first-order valence-electron chi connectivity index (χ1n) is 12.0. The summed E-state index contributed by atoms with van der Waals surface area (Å²) >= 11 is 0. The molecule has 0 aliphatic heterocycles. The van der Waals surface area contributed by atoms with Gasteiger partial charge < -0.3 is 20.3 Å². The smallest absolute Gasteiger partial charge is 0.303 e. The zero-order valence-electron chi connectivity index (χ0n) is 21.4. The molecule has 2 atom stereocenters. The monoisotopic (exact) mass is 490 g/mol. The minimum absolute atomic E-state index is 0.0143. The van der Waals surface area contributed by atoms with Crippen LogP contribution in [-0.4, -0.2) is 44.3 Å². The Kier molecular flexibility index (Phi) is 9.13. The number of aliphatic hydroxyl groups is 1. The number of methoxy groups -OCH3 is 1. The topological polar surface area (TPSA) is 117 Å². The number of aryl methyl sites for hydroxylation is 1. The summed E-state index contributed by atoms with van der Waals surface area (Å²) in [6.45, 7) is 7.97. The van der Waals surface area contributed by atoms with Gasteiger partial charge in [-0.25, -0.2) is 15.0 Å². The van der Waals surface area contributed by atoms with Crippen molar-refractivity contribution >= 4 is 23.7 Å². The Hall–Kier alpha value is -3.78. The molecule has 3 N–H and O–H groups in total. The van der Waals surface area contributed by atoms with E-state index in [-0.39, 0.29) is 18.3 Å². The molecule has 1 aromatic carbocycles. The van der Waals surface area contributed by atoms with Crippen LogP contribution in [0.3, 0.4) is 0 Å². The number of hydrogen-bond acceptors (Lipinski definition) is 7. The second-order valence-electron chi connectivity index (χ2n) is 9.29. The summed E-state index contributed by atoms with van der Waals surface area (Å²) in [6.07, 6.45) is 4.78. The van der Waals surface area contributed by atoms with Crippen molar-refractivity contribution in [1.82, 2.24) is 15.0 Å². The van der Waals surface area contributed by atoms with Gasteiger partial charge in [0.1, 0.15) is 0 Å². The molecular weight excluding hydrogens is 456 g/mol. The van der Waals surface area contributed by atoms with Crippen LogP contribution in [0.1, 0.15) is 56.4 Å². The number of hydrogen-bond donors (Lipinski definition) is 3. The molecule has 0 saturated heterocycles. The number of carboxylic acid groups (broad SMARTS) is 1. The molecule has 0 saturated carbocycles. The second kappa shape index (κ2) is 12.3. The van der Waals surface area contributed by atoms with Crippen molar-refractivity contribution in [2.45, 2.75) is 52.6 Å². The zero-order valence-corrected chi connectivity index (χ0v) is 21.4. The summed E-state index contributed by atoms with van der Waals surface area (Å²) in [4.78, 5) is 24.9. The third-order valence-corrected chi connectivity index (χ3v) is 5.70. The average molecular weight is 491 g/mol. The molecule has 2 unspecified atom stereocenters. The predicted molar refractivity (Wildman–Crippen MR) is 141 cm³/mol. The molecule has 0 fully saturated rings. The Bertz CT molecular complexity index is 1190. The Balaban J connectivity index is 2.02. The second-order valence-corrected chi connectivity index (χ2v) is 9.29. The Labute approximate surface area is 212 Å². The average Bonchev–Trinajstić information content (AvgIpc) is 2.83. The maximum absolute atomic E-state index is 11.0. The standard InChI is InChI=1S/C28H34N4O4/c1-17(2)26-23(12-11-22(33)14-19(4)15-25(34)35)27(20-8-6-18(3)7-9-20)32-28(31-26)30-21-10-13-24(36-5)29-16-21/h6-13,16-17,19,22,33H,14-15H2,1-5H3,(H,34,35)(H,30,31,32)/b12-11+. The lowest BCUT2D eigenvalue weighted by atomic mass is 9.96. The van der Waals surface area contributed by atoms with Gasteiger partial charge >= 0.3 is 5.97 Å². The van der Waals surface area contributed by atoms with Crippen LogP contribution >= 0.6 is 0 Å². The van der Waals surface area contributed by atoms with Crippen LogP contribution in [-0.2, 0) is 4.79 Å². The van der Waals surface area contributed by atoms with Crippen molar-refractivity contribution in [2.24, 2.45) is 5.92 Å². The molecule has 8 heteroatoms. The minimum Gasteiger partial charge on any atom is -0.481 e. The van der Waals surface area contributed by atoms with Crippen LogP contribution in [0.4, 0.5) is 11.6 Å². The first-order chi connectivity index (χ1) is 17.2. The number of aliphatic hydroxyl groups excluding tert-OH is 1. The van der Waals surface area contributed by atoms with Gasteiger partial charge in [0.2, 0.25) is 11.8 Å². The maximum Gasteiger partial charge on any atom is 0.303 e. The van der Waals surface area contributed by atoms with Gasteiger partial charge in [-0.05, 0) is 31.2 Å². The molecule has 2 heterocycles. The van der Waals surface area contributed by atoms with Crippen molar-refractivity contribution in [2.75, 3.05) is 12.4 Å². The SMILES string of the molecule is COc1ccc(Nc2nc(-c3ccc(C)cc3)c(/C=C/C(O)CC(C)CC(=O)O)c(C(C)C)n2)cn1. The predicted octanol–water partition coefficient (Wildman–Crippen LogP) is 5.60. The first-order valence-corrected chi connectivity index (χ1v) is 12.0. The van der Waals surface area contributed by atoms with Crippen LogP contribution in [0, 0.1) is 12.8 Å². The molecule has 0 aliphatic carbocycles. The van der Waals surface area contributed by atoms with Gasteiger partial charge in [0.15, 0.2) is 0 Å². The number of ether oxygens (including phenoxy) is 1. The van der Waals surface area contributed by atoms with Crippen molar-refractivity contribution in [3.63, 3.8) is 0 Å². The van der Waals surface area contributed by atoms with Gasteiger partial charge in [-0.3, -0.25) is 4.79 Å². The molecule has 8 nitrogen and oxygen atoms in total. The van der Waals surface area contributed by atoms with E-state index in [4.69, 9.17) is 19.8 Å². The summed E-state index contributed by atoms with van der Waals surface area (Å²) in [5, 5.41) is 22.8. The molecule has 3 rings (SSSR count). The molecule has 0 amide bonds. The molecular formula is C28H34N4O4. The number of carboxylic acids is 1. The highest BCUT2D eigenvalue weighted by Gasteiger charge is 2.18. The van der Waals surface area contributed by atoms with Gasteiger partial charge in [0.25, 0.3) is 0 Å². The van der Waals surface area contributed by atoms with E-state index >= 15 is 0 Å². The highest BCUT2D eigenvalue weighted by molar-refractivity contribution is 5.75. The van der Waals surface area contributed by atoms with E-state index in [1.807, 2.05) is 50.3 Å². The van der Waals surface area contributed by atoms with Crippen LogP contribution in [0.5, 0.6) is 5.88 Å². The van der Waals surface area contributed by atoms with Crippen molar-refractivity contribution in [1.29, 1.82) is 0 Å². The number of rotatable bonds is 11. The lowest BCUT2D eigenvalue weighted by molar-refractivity contribution is -0.138. The van der Waals surface area contributed by atoms with Crippen LogP contribution in [0.15, 0.2) is 48.7 Å². The van der Waals surface area contributed by atoms with Crippen LogP contribution < -0.4 is 10.1 Å². The van der Waals surface area contributed by atoms with Gasteiger partial charge in [0.05, 0.1) is 36.5 Å². The molecule has 0 bridgehead atoms. The number of anilines is 2. The lowest BCUT2D eigenvalue weighted by Gasteiger charge is -2.17. The summed E-state index contributed by atoms with van der Waals surface area (Å²) in [5.74, 6) is 0.0140. The largest absolute Gasteiger partial charge is 0.481 e. The Morgan fingerprint density at radius 2 is 1.83 bits per heavy atom. The van der Waals surface area contributed by atoms with E-state index in [0.29, 0.717) is 18.2 Å². The molecule has 2 aromatic heterocycles. The fourth-order valence-corrected chi connectivity index (χ4v) is 3.86. The van der Waals surface area contributed by atoms with E-state index in [2.05, 4.69) is 24.1 Å². The van der Waals surface area contributed by atoms with E-state index in [1.165, 1.54) is 0 Å². The highest BCUT2D eigenvalue weighted by atomic mass is 16.5. The Morgan fingerprint density at radius 3 is 2.42 bits per heavy atom. The quantitative estimate of drug-likeness (QED) is 0.318. The number of pyridine rings is 1. The molecule has 0 aliphatic rings. The molecule has 36 heavy (non-hydrogen) atoms. The third-order valence-electron chi connectivity index (χ3n) is 5.70. The fourth-order valence-electron chi connectivity index (χ4n) is 3.86. The summed E-state index contributed by atoms with van der Waals surface area (Å²) in [6, 6.07) is 11.7. The first kappa shape index (κ1) is 26.8. The van der Waals surface area contributed by atoms with E-state index in [1.54, 1.807) is 25.4 Å². The van der Waals surface area contributed by atoms with Crippen molar-refractivity contribution < 1.29 is 19.7 Å². The van der Waals surface area contributed by atoms with Crippen LogP contribution in [0.2, 0.25) is 0 Å². The Morgan fingerprint density at radius 1 is 1.11 bits per heavy atom. The minimum atomic E-state index is -0.869. The molecule has 0 radical (unpaired) electrons. The number of aliphatic carboxylic acids is 1. The molecule has 0 spiro atoms. The molecule has 190 valence electrons. The maximum atomic E-state index is 11.0. The van der Waals surface area contributed by atoms with Gasteiger partial charge in [0, 0.05) is 23.6 Å². The number of carbonyl (C=O) groups is 1. The van der Waals surface area contributed by atoms with Gasteiger partial charge in [-0.2, -0.15) is 0 Å². The normalized spacial score (nSPS) is 13.1.